The van der Waals surface area contributed by atoms with Gasteiger partial charge in [-0.2, -0.15) is 0 Å². The molecular formula is C103H165N9O27. The first-order valence-electron chi connectivity index (χ1n) is 49.2. The highest BCUT2D eigenvalue weighted by Crippen LogP contribution is 2.29. The molecule has 3 aliphatic heterocycles. The number of hydrogen-bond acceptors (Lipinski definition) is 27. The molecule has 6 rings (SSSR count). The molecule has 36 nitrogen and oxygen atoms in total. The average Bonchev–Trinajstić information content (AvgIpc) is 1.80. The number of methoxy groups -OCH3 is 2. The van der Waals surface area contributed by atoms with Gasteiger partial charge in [-0.15, -0.1) is 0 Å². The molecule has 139 heavy (non-hydrogen) atoms. The third kappa shape index (κ3) is 43.1. The lowest BCUT2D eigenvalue weighted by Crippen LogP contribution is -2.59. The smallest absolute Gasteiger partial charge is 0.408 e. The number of hydrogen-bond donors (Lipinski definition) is 10. The molecule has 784 valence electrons. The van der Waals surface area contributed by atoms with Gasteiger partial charge < -0.3 is 110 Å². The Balaban J connectivity index is 0.000000672. The molecule has 3 aliphatic rings. The van der Waals surface area contributed by atoms with Crippen molar-refractivity contribution in [1.82, 2.24) is 47.0 Å². The van der Waals surface area contributed by atoms with E-state index in [0.717, 1.165) is 29.9 Å². The second-order valence-electron chi connectivity index (χ2n) is 39.5. The van der Waals surface area contributed by atoms with E-state index in [4.69, 9.17) is 47.4 Å². The Hall–Kier alpha value is -10.7. The largest absolute Gasteiger partial charge is 0.497 e. The second-order valence-corrected chi connectivity index (χ2v) is 39.5. The van der Waals surface area contributed by atoms with Crippen LogP contribution in [0.25, 0.3) is 0 Å². The van der Waals surface area contributed by atoms with E-state index in [1.54, 1.807) is 141 Å². The summed E-state index contributed by atoms with van der Waals surface area (Å²) in [5.41, 5.74) is 0.600. The predicted octanol–water partition coefficient (Wildman–Crippen LogP) is 11.4. The molecule has 0 aliphatic carbocycles. The number of amides is 8. The molecule has 36 heteroatoms. The van der Waals surface area contributed by atoms with Gasteiger partial charge in [-0.1, -0.05) is 178 Å². The van der Waals surface area contributed by atoms with Crippen molar-refractivity contribution in [3.8, 4) is 11.5 Å². The van der Waals surface area contributed by atoms with Crippen molar-refractivity contribution in [2.45, 2.75) is 365 Å². The lowest BCUT2D eigenvalue weighted by molar-refractivity contribution is -0.162. The molecule has 18 atom stereocenters. The number of carboxylic acid groups (broad SMARTS) is 1. The number of likely N-dealkylation sites (tertiary alicyclic amines) is 2. The fraction of sp³-hybridized carbons (Fsp3) is 0.689. The minimum absolute atomic E-state index is 0.0423. The fourth-order valence-corrected chi connectivity index (χ4v) is 15.6. The molecule has 3 aromatic rings. The summed E-state index contributed by atoms with van der Waals surface area (Å²) in [4.78, 5) is 192. The molecular weight excluding hydrogens is 1800 g/mol. The zero-order chi connectivity index (χ0) is 105. The molecule has 3 aromatic carbocycles. The van der Waals surface area contributed by atoms with E-state index < -0.39 is 228 Å². The number of nitrogens with one attached hydrogen (secondary N) is 7. The van der Waals surface area contributed by atoms with Crippen molar-refractivity contribution in [2.24, 2.45) is 47.3 Å². The number of aliphatic hydroxyl groups is 2. The highest BCUT2D eigenvalue weighted by molar-refractivity contribution is 5.95. The van der Waals surface area contributed by atoms with Crippen LogP contribution in [0.4, 0.5) is 9.59 Å². The molecule has 0 aromatic heterocycles. The summed E-state index contributed by atoms with van der Waals surface area (Å²) in [5.74, 6) is -10.6. The Bertz CT molecular complexity index is 4300. The second kappa shape index (κ2) is 61.1. The number of carboxylic acids is 1. The Morgan fingerprint density at radius 1 is 0.460 bits per heavy atom. The Morgan fingerprint density at radius 2 is 0.849 bits per heavy atom. The molecule has 0 radical (unpaired) electrons. The number of likely N-dealkylation sites (N-methyl/N-ethyl adjacent to an activating group) is 1. The van der Waals surface area contributed by atoms with E-state index in [-0.39, 0.29) is 50.2 Å². The number of aliphatic carboxylic acids is 1. The lowest BCUT2D eigenvalue weighted by Gasteiger charge is -2.33. The van der Waals surface area contributed by atoms with Crippen molar-refractivity contribution in [3.05, 3.63) is 95.6 Å². The molecule has 3 heterocycles. The van der Waals surface area contributed by atoms with Crippen molar-refractivity contribution < 1.29 is 130 Å². The summed E-state index contributed by atoms with van der Waals surface area (Å²) < 4.78 is 54.8. The Kier molecular flexibility index (Phi) is 53.8. The van der Waals surface area contributed by atoms with E-state index >= 15 is 0 Å². The summed E-state index contributed by atoms with van der Waals surface area (Å²) in [6.45, 7) is 44.4. The van der Waals surface area contributed by atoms with Gasteiger partial charge in [0.15, 0.2) is 12.2 Å². The van der Waals surface area contributed by atoms with Crippen LogP contribution >= 0.6 is 0 Å². The van der Waals surface area contributed by atoms with Gasteiger partial charge in [-0.25, -0.2) is 19.2 Å². The molecule has 0 saturated carbocycles. The summed E-state index contributed by atoms with van der Waals surface area (Å²) in [7, 11) is 4.69. The third-order valence-electron chi connectivity index (χ3n) is 23.7. The fourth-order valence-electron chi connectivity index (χ4n) is 15.6. The monoisotopic (exact) mass is 1960 g/mol. The SMILES string of the molecule is C1CCOC1.CC.CC[C@H](C)[C@@H](NC(=O)[C@@H](NC(=O)OC(C)(C)C)[C@@H](C)OC(=O)[C@H](Cc1ccc(OC)cc1)C(C)C)[C@@H](O)CC(=O)O[C@H](C(=O)N[C@@H](CC(C)C)C(=O)N1CCC[C@H]1C(=O)OCc1ccccc1)C(C)C.CC[C@H](C)[C@@H](NC(=O)[C@@H](NC(=O)OC(C)(C)C)[C@@H](C)OC(=O)[C@H](Cc1ccc(OC)cc1)NC)[C@@H](O)CC(=O)O[C@H](C(=O)N[C@@H](CC(C)C)C(=O)N1CCC[C@H]1C(=O)O)C(C)C. The van der Waals surface area contributed by atoms with Gasteiger partial charge in [-0.3, -0.25) is 47.9 Å². The maximum atomic E-state index is 14.3. The number of carbonyl (C=O) groups is 14. The first-order valence-corrected chi connectivity index (χ1v) is 49.2. The normalized spacial score (nSPS) is 17.6. The number of esters is 5. The lowest BCUT2D eigenvalue weighted by atomic mass is 9.89. The first-order chi connectivity index (χ1) is 65.3. The molecule has 10 N–H and O–H groups in total. The number of nitrogens with zero attached hydrogens (tertiary/aromatic N) is 2. The van der Waals surface area contributed by atoms with Crippen LogP contribution in [0.1, 0.15) is 260 Å². The van der Waals surface area contributed by atoms with Crippen LogP contribution in [0.2, 0.25) is 0 Å². The highest BCUT2D eigenvalue weighted by atomic mass is 16.6. The van der Waals surface area contributed by atoms with Crippen LogP contribution in [0.5, 0.6) is 11.5 Å². The molecule has 8 amide bonds. The van der Waals surface area contributed by atoms with Gasteiger partial charge in [0.05, 0.1) is 57.3 Å². The van der Waals surface area contributed by atoms with Crippen molar-refractivity contribution in [1.29, 1.82) is 0 Å². The number of benzene rings is 3. The zero-order valence-electron chi connectivity index (χ0n) is 87.3. The van der Waals surface area contributed by atoms with Crippen LogP contribution in [-0.4, -0.2) is 258 Å². The maximum Gasteiger partial charge on any atom is 0.408 e. The predicted molar refractivity (Wildman–Crippen MR) is 523 cm³/mol. The van der Waals surface area contributed by atoms with Gasteiger partial charge in [0.25, 0.3) is 11.8 Å². The number of carbonyl (C=O) groups excluding carboxylic acids is 13. The van der Waals surface area contributed by atoms with Gasteiger partial charge in [0.2, 0.25) is 23.6 Å². The number of ether oxygens (including phenoxy) is 10. The minimum Gasteiger partial charge on any atom is -0.497 e. The van der Waals surface area contributed by atoms with Crippen LogP contribution in [0, 0.1) is 47.3 Å². The molecule has 0 bridgehead atoms. The van der Waals surface area contributed by atoms with E-state index in [1.165, 1.54) is 36.5 Å². The molecule has 0 spiro atoms. The summed E-state index contributed by atoms with van der Waals surface area (Å²) in [6, 6.07) is 13.7. The summed E-state index contributed by atoms with van der Waals surface area (Å²) >= 11 is 0. The molecule has 3 saturated heterocycles. The van der Waals surface area contributed by atoms with E-state index in [1.807, 2.05) is 112 Å². The summed E-state index contributed by atoms with van der Waals surface area (Å²) in [6.07, 6.45) is -5.28. The van der Waals surface area contributed by atoms with Crippen molar-refractivity contribution in [3.63, 3.8) is 0 Å². The van der Waals surface area contributed by atoms with Crippen molar-refractivity contribution >= 4 is 83.4 Å². The van der Waals surface area contributed by atoms with Crippen LogP contribution in [0.3, 0.4) is 0 Å². The minimum atomic E-state index is -1.55. The maximum absolute atomic E-state index is 14.3. The van der Waals surface area contributed by atoms with Gasteiger partial charge >= 0.3 is 48.0 Å². The van der Waals surface area contributed by atoms with Crippen LogP contribution in [-0.2, 0) is 115 Å². The van der Waals surface area contributed by atoms with E-state index in [0.29, 0.717) is 63.0 Å². The van der Waals surface area contributed by atoms with Crippen LogP contribution < -0.4 is 46.7 Å². The topological polar surface area (TPSA) is 483 Å². The third-order valence-corrected chi connectivity index (χ3v) is 23.7. The Labute approximate surface area is 823 Å². The van der Waals surface area contributed by atoms with Gasteiger partial charge in [0, 0.05) is 26.3 Å². The first kappa shape index (κ1) is 122. The van der Waals surface area contributed by atoms with Crippen LogP contribution in [0.15, 0.2) is 78.9 Å². The van der Waals surface area contributed by atoms with Crippen molar-refractivity contribution in [2.75, 3.05) is 47.6 Å². The molecule has 3 fully saturated rings. The average molecular weight is 1960 g/mol. The Morgan fingerprint density at radius 3 is 1.19 bits per heavy atom. The van der Waals surface area contributed by atoms with Gasteiger partial charge in [-0.05, 0) is 209 Å². The quantitative estimate of drug-likeness (QED) is 0.0185. The number of alkyl carbamates (subject to hydrolysis) is 2. The van der Waals surface area contributed by atoms with E-state index in [2.05, 4.69) is 37.2 Å². The standard InChI is InChI=1S/C53H80N4O13.C44H71N5O13.C4H8O.C2H6/c1-14-34(8)44(55-47(60)45(56-52(65)70-53(10,11)12)35(9)68-50(63)39(32(4)5)28-36-22-24-38(66-13)25-23-36)42(58)29-43(59)69-46(33(6)7)48(61)54-40(27-31(2)3)49(62)57-26-18-21-41(57)51(64)67-30-37-19-16-15-17-20-37;1-13-26(6)35(33(50)23-34(51)61-37(25(4)5)39(53)46-30(21-24(2)3)40(54)49-20-14-15-32(49)41(55)56)47-38(52)36(48-43(58)62-44(8,9)10)27(7)60-42(57)31(45-11)22-28-16-18-29(59-12)19-17-28;1-2-4-5-3-1;1-2/h15-17,19-20,22-25,31-35,39-42,44-46,58H,14,18,21,26-30H2,1-13H3,(H,54,61)(H,55,60)(H,56,65);16-19,24-27,30-33,35-37,45,50H,13-15,20-23H2,1-12H3,(H,46,53)(H,47,52)(H,48,58)(H,55,56);1-4H2;1-2H3/t34-,35+,39+,40-,41-,42-,44+,45-,46-;26-,27+,30-,31-,32-,33-,35+,36-,37-;;/m00../s1. The molecule has 0 unspecified atom stereocenters. The number of rotatable bonds is 48. The zero-order valence-corrected chi connectivity index (χ0v) is 87.3. The summed E-state index contributed by atoms with van der Waals surface area (Å²) in [5, 5.41) is 51.7. The highest BCUT2D eigenvalue weighted by Gasteiger charge is 2.45. The van der Waals surface area contributed by atoms with E-state index in [9.17, 15) is 82.4 Å². The number of aliphatic hydroxyl groups excluding tert-OH is 2. The van der Waals surface area contributed by atoms with Gasteiger partial charge in [0.1, 0.15) is 83.8 Å².